The number of hydrogen-bond acceptors (Lipinski definition) is 5. The van der Waals surface area contributed by atoms with Gasteiger partial charge in [-0.15, -0.1) is 11.3 Å². The van der Waals surface area contributed by atoms with E-state index in [2.05, 4.69) is 20.6 Å². The molecule has 2 aromatic heterocycles. The summed E-state index contributed by atoms with van der Waals surface area (Å²) in [5.74, 6) is 0.950. The molecule has 1 fully saturated rings. The number of nitrogens with zero attached hydrogens (tertiary/aromatic N) is 2. The van der Waals surface area contributed by atoms with Crippen molar-refractivity contribution in [3.8, 4) is 0 Å². The Balaban J connectivity index is 1.74. The fraction of sp³-hybridized carbons (Fsp3) is 0.357. The van der Waals surface area contributed by atoms with Gasteiger partial charge in [-0.25, -0.2) is 9.97 Å². The van der Waals surface area contributed by atoms with E-state index in [0.29, 0.717) is 29.0 Å². The zero-order chi connectivity index (χ0) is 14.8. The third kappa shape index (κ3) is 3.51. The number of carbonyl (C=O) groups excluding carboxylic acids is 1. The Kier molecular flexibility index (Phi) is 4.07. The van der Waals surface area contributed by atoms with E-state index >= 15 is 0 Å². The van der Waals surface area contributed by atoms with E-state index < -0.39 is 0 Å². The van der Waals surface area contributed by atoms with Gasteiger partial charge in [-0.3, -0.25) is 10.1 Å². The number of pyridine rings is 1. The molecule has 2 aromatic rings. The van der Waals surface area contributed by atoms with Crippen molar-refractivity contribution < 1.29 is 4.79 Å². The summed E-state index contributed by atoms with van der Waals surface area (Å²) in [5.41, 5.74) is 1.55. The highest BCUT2D eigenvalue weighted by Gasteiger charge is 2.26. The molecular formula is C14H15ClN4OS. The normalized spacial score (nSPS) is 14.0. The lowest BCUT2D eigenvalue weighted by Gasteiger charge is -2.06. The molecule has 2 heterocycles. The van der Waals surface area contributed by atoms with Gasteiger partial charge in [0.05, 0.1) is 5.69 Å². The summed E-state index contributed by atoms with van der Waals surface area (Å²) in [6.45, 7) is 2.67. The maximum atomic E-state index is 12.3. The second kappa shape index (κ2) is 5.99. The van der Waals surface area contributed by atoms with Crippen LogP contribution >= 0.6 is 22.9 Å². The maximum Gasteiger partial charge on any atom is 0.257 e. The maximum absolute atomic E-state index is 12.3. The van der Waals surface area contributed by atoms with Gasteiger partial charge in [-0.1, -0.05) is 11.6 Å². The Hall–Kier alpha value is -1.66. The number of rotatable bonds is 5. The summed E-state index contributed by atoms with van der Waals surface area (Å²) < 4.78 is 0. The van der Waals surface area contributed by atoms with Gasteiger partial charge in [0.1, 0.15) is 11.0 Å². The van der Waals surface area contributed by atoms with Gasteiger partial charge in [0.2, 0.25) is 0 Å². The summed E-state index contributed by atoms with van der Waals surface area (Å²) in [4.78, 5) is 20.8. The minimum atomic E-state index is -0.227. The number of aromatic nitrogens is 2. The molecule has 7 heteroatoms. The van der Waals surface area contributed by atoms with Crippen molar-refractivity contribution in [1.82, 2.24) is 9.97 Å². The van der Waals surface area contributed by atoms with Crippen molar-refractivity contribution in [2.24, 2.45) is 0 Å². The highest BCUT2D eigenvalue weighted by atomic mass is 35.5. The van der Waals surface area contributed by atoms with Gasteiger partial charge in [-0.05, 0) is 31.9 Å². The van der Waals surface area contributed by atoms with Gasteiger partial charge in [0.25, 0.3) is 5.91 Å². The van der Waals surface area contributed by atoms with Crippen LogP contribution in [0.4, 0.5) is 10.9 Å². The molecule has 1 aliphatic carbocycles. The molecule has 0 saturated heterocycles. The highest BCUT2D eigenvalue weighted by molar-refractivity contribution is 7.14. The zero-order valence-corrected chi connectivity index (χ0v) is 13.1. The lowest BCUT2D eigenvalue weighted by Crippen LogP contribution is -2.13. The number of hydrogen-bond donors (Lipinski definition) is 2. The minimum absolute atomic E-state index is 0.227. The number of nitrogens with one attached hydrogen (secondary N) is 2. The van der Waals surface area contributed by atoms with Crippen molar-refractivity contribution in [1.29, 1.82) is 0 Å². The second-order valence-corrected chi connectivity index (χ2v) is 6.15. The van der Waals surface area contributed by atoms with Crippen LogP contribution in [0.1, 0.15) is 41.7 Å². The average Bonchev–Trinajstić information content (AvgIpc) is 3.19. The fourth-order valence-corrected chi connectivity index (χ4v) is 2.98. The Morgan fingerprint density at radius 2 is 2.24 bits per heavy atom. The summed E-state index contributed by atoms with van der Waals surface area (Å²) in [6.07, 6.45) is 2.40. The van der Waals surface area contributed by atoms with Crippen molar-refractivity contribution in [3.63, 3.8) is 0 Å². The lowest BCUT2D eigenvalue weighted by atomic mass is 10.2. The molecule has 1 aliphatic rings. The third-order valence-electron chi connectivity index (χ3n) is 3.15. The zero-order valence-electron chi connectivity index (χ0n) is 11.5. The summed E-state index contributed by atoms with van der Waals surface area (Å²) >= 11 is 7.39. The molecule has 1 saturated carbocycles. The quantitative estimate of drug-likeness (QED) is 0.823. The van der Waals surface area contributed by atoms with Crippen LogP contribution in [0.5, 0.6) is 0 Å². The van der Waals surface area contributed by atoms with Crippen LogP contribution in [-0.2, 0) is 0 Å². The van der Waals surface area contributed by atoms with E-state index in [1.54, 1.807) is 12.1 Å². The smallest absolute Gasteiger partial charge is 0.257 e. The molecule has 0 aliphatic heterocycles. The Morgan fingerprint density at radius 3 is 2.95 bits per heavy atom. The van der Waals surface area contributed by atoms with Crippen LogP contribution in [0.2, 0.25) is 5.15 Å². The van der Waals surface area contributed by atoms with Crippen molar-refractivity contribution in [3.05, 3.63) is 33.9 Å². The molecule has 0 bridgehead atoms. The Morgan fingerprint density at radius 1 is 1.43 bits per heavy atom. The molecule has 5 nitrogen and oxygen atoms in total. The molecule has 0 radical (unpaired) electrons. The number of amides is 1. The third-order valence-corrected chi connectivity index (χ3v) is 4.12. The molecule has 0 aromatic carbocycles. The van der Waals surface area contributed by atoms with Crippen LogP contribution < -0.4 is 10.6 Å². The number of halogens is 1. The van der Waals surface area contributed by atoms with Crippen molar-refractivity contribution in [2.75, 3.05) is 17.2 Å². The standard InChI is InChI=1S/C14H15ClN4OS/c1-2-16-12-6-9(5-11(15)18-12)13(20)19-14-17-10(7-21-14)8-3-4-8/h5-8H,2-4H2,1H3,(H,16,18)(H,17,19,20). The molecule has 3 rings (SSSR count). The molecule has 2 N–H and O–H groups in total. The van der Waals surface area contributed by atoms with Crippen LogP contribution in [0, 0.1) is 0 Å². The molecule has 21 heavy (non-hydrogen) atoms. The number of thiazole rings is 1. The fourth-order valence-electron chi connectivity index (χ4n) is 1.98. The highest BCUT2D eigenvalue weighted by Crippen LogP contribution is 2.40. The first-order chi connectivity index (χ1) is 10.2. The molecule has 0 atom stereocenters. The van der Waals surface area contributed by atoms with Crippen LogP contribution in [0.25, 0.3) is 0 Å². The first kappa shape index (κ1) is 14.3. The Labute approximate surface area is 131 Å². The van der Waals surface area contributed by atoms with E-state index in [1.807, 2.05) is 12.3 Å². The lowest BCUT2D eigenvalue weighted by molar-refractivity contribution is 0.102. The van der Waals surface area contributed by atoms with Crippen LogP contribution in [0.15, 0.2) is 17.5 Å². The largest absolute Gasteiger partial charge is 0.370 e. The van der Waals surface area contributed by atoms with Crippen LogP contribution in [0.3, 0.4) is 0 Å². The van der Waals surface area contributed by atoms with E-state index in [1.165, 1.54) is 24.2 Å². The average molecular weight is 323 g/mol. The van der Waals surface area contributed by atoms with Crippen LogP contribution in [-0.4, -0.2) is 22.4 Å². The SMILES string of the molecule is CCNc1cc(C(=O)Nc2nc(C3CC3)cs2)cc(Cl)n1. The predicted octanol–water partition coefficient (Wildman–Crippen LogP) is 3.75. The molecule has 110 valence electrons. The molecular weight excluding hydrogens is 308 g/mol. The van der Waals surface area contributed by atoms with Gasteiger partial charge >= 0.3 is 0 Å². The first-order valence-electron chi connectivity index (χ1n) is 6.84. The van der Waals surface area contributed by atoms with Gasteiger partial charge in [-0.2, -0.15) is 0 Å². The minimum Gasteiger partial charge on any atom is -0.370 e. The number of anilines is 2. The van der Waals surface area contributed by atoms with E-state index in [-0.39, 0.29) is 11.1 Å². The first-order valence-corrected chi connectivity index (χ1v) is 8.09. The van der Waals surface area contributed by atoms with E-state index in [4.69, 9.17) is 11.6 Å². The van der Waals surface area contributed by atoms with E-state index in [0.717, 1.165) is 5.69 Å². The van der Waals surface area contributed by atoms with E-state index in [9.17, 15) is 4.79 Å². The predicted molar refractivity (Wildman–Crippen MR) is 85.5 cm³/mol. The van der Waals surface area contributed by atoms with Crippen molar-refractivity contribution in [2.45, 2.75) is 25.7 Å². The molecule has 0 unspecified atom stereocenters. The summed E-state index contributed by atoms with van der Waals surface area (Å²) in [6, 6.07) is 3.23. The van der Waals surface area contributed by atoms with Gasteiger partial charge in [0, 0.05) is 23.4 Å². The summed E-state index contributed by atoms with van der Waals surface area (Å²) in [5, 5.41) is 8.78. The molecule has 0 spiro atoms. The Bertz CT molecular complexity index is 669. The number of carbonyl (C=O) groups is 1. The summed E-state index contributed by atoms with van der Waals surface area (Å²) in [7, 11) is 0. The van der Waals surface area contributed by atoms with Crippen molar-refractivity contribution >= 4 is 39.8 Å². The second-order valence-electron chi connectivity index (χ2n) is 4.90. The van der Waals surface area contributed by atoms with Gasteiger partial charge < -0.3 is 5.32 Å². The molecule has 1 amide bonds. The topological polar surface area (TPSA) is 66.9 Å². The monoisotopic (exact) mass is 322 g/mol. The van der Waals surface area contributed by atoms with Gasteiger partial charge in [0.15, 0.2) is 5.13 Å².